The smallest absolute Gasteiger partial charge is 0.303 e. The van der Waals surface area contributed by atoms with Crippen molar-refractivity contribution in [2.75, 3.05) is 6.26 Å². The van der Waals surface area contributed by atoms with Crippen molar-refractivity contribution in [1.82, 2.24) is 15.0 Å². The molecule has 12 heteroatoms. The van der Waals surface area contributed by atoms with Crippen molar-refractivity contribution in [3.05, 3.63) is 101 Å². The summed E-state index contributed by atoms with van der Waals surface area (Å²) < 4.78 is 74.9. The van der Waals surface area contributed by atoms with E-state index in [-0.39, 0.29) is 53.3 Å². The number of benzene rings is 3. The highest BCUT2D eigenvalue weighted by molar-refractivity contribution is 7.89. The second-order valence-electron chi connectivity index (χ2n) is 9.64. The third-order valence-corrected chi connectivity index (χ3v) is 7.27. The van der Waals surface area contributed by atoms with Gasteiger partial charge in [-0.05, 0) is 41.8 Å². The first-order valence-electron chi connectivity index (χ1n) is 12.4. The van der Waals surface area contributed by atoms with E-state index < -0.39 is 39.0 Å². The molecule has 2 heterocycles. The van der Waals surface area contributed by atoms with Crippen molar-refractivity contribution in [1.29, 1.82) is 0 Å². The van der Waals surface area contributed by atoms with Crippen molar-refractivity contribution in [3.63, 3.8) is 0 Å². The van der Waals surface area contributed by atoms with Gasteiger partial charge in [-0.15, -0.1) is 0 Å². The van der Waals surface area contributed by atoms with Crippen LogP contribution in [-0.2, 0) is 33.2 Å². The molecule has 3 N–H and O–H groups in total. The van der Waals surface area contributed by atoms with E-state index in [0.717, 1.165) is 12.3 Å². The van der Waals surface area contributed by atoms with Gasteiger partial charge < -0.3 is 19.8 Å². The van der Waals surface area contributed by atoms with E-state index in [2.05, 4.69) is 15.0 Å². The summed E-state index contributed by atoms with van der Waals surface area (Å²) in [7, 11) is -3.56. The van der Waals surface area contributed by atoms with Gasteiger partial charge >= 0.3 is 5.97 Å². The van der Waals surface area contributed by atoms with Gasteiger partial charge in [-0.3, -0.25) is 4.79 Å². The number of carboxylic acids is 1. The Morgan fingerprint density at radius 2 is 1.83 bits per heavy atom. The first-order valence-corrected chi connectivity index (χ1v) is 14.5. The molecule has 0 aliphatic carbocycles. The van der Waals surface area contributed by atoms with Gasteiger partial charge in [0.15, 0.2) is 21.4 Å². The number of imidazole rings is 1. The zero-order valence-electron chi connectivity index (χ0n) is 21.7. The van der Waals surface area contributed by atoms with Crippen molar-refractivity contribution in [3.8, 4) is 22.9 Å². The predicted molar refractivity (Wildman–Crippen MR) is 146 cm³/mol. The molecule has 5 rings (SSSR count). The molecular formula is C29H24F3N3O5S. The summed E-state index contributed by atoms with van der Waals surface area (Å²) in [5, 5.41) is 9.37. The maximum atomic E-state index is 15.1. The second-order valence-corrected chi connectivity index (χ2v) is 11.8. The van der Waals surface area contributed by atoms with Gasteiger partial charge in [0.25, 0.3) is 0 Å². The molecule has 0 unspecified atom stereocenters. The minimum absolute atomic E-state index is 0.00257. The van der Waals surface area contributed by atoms with E-state index in [1.165, 1.54) is 30.5 Å². The van der Waals surface area contributed by atoms with Crippen LogP contribution in [0.1, 0.15) is 28.8 Å². The first kappa shape index (κ1) is 28.0. The SMILES string of the molecule is CS(=O)(=O)Cc1c(Oc2ccc(F)c(-c3ncc(Cc4cccc(CCC(=O)O)c4F)[nH]3)c2)c(F)cc2[nH]ccc12. The van der Waals surface area contributed by atoms with Crippen LogP contribution in [0, 0.1) is 17.5 Å². The molecule has 8 nitrogen and oxygen atoms in total. The largest absolute Gasteiger partial charge is 0.481 e. The summed E-state index contributed by atoms with van der Waals surface area (Å²) in [4.78, 5) is 20.9. The highest BCUT2D eigenvalue weighted by Gasteiger charge is 2.21. The van der Waals surface area contributed by atoms with Crippen LogP contribution in [0.5, 0.6) is 11.5 Å². The van der Waals surface area contributed by atoms with Crippen LogP contribution in [0.15, 0.2) is 60.9 Å². The number of aryl methyl sites for hydroxylation is 1. The highest BCUT2D eigenvalue weighted by Crippen LogP contribution is 2.37. The molecule has 0 atom stereocenters. The number of sulfone groups is 1. The van der Waals surface area contributed by atoms with E-state index in [4.69, 9.17) is 9.84 Å². The minimum Gasteiger partial charge on any atom is -0.481 e. The number of nitrogens with zero attached hydrogens (tertiary/aromatic N) is 1. The third-order valence-electron chi connectivity index (χ3n) is 6.46. The monoisotopic (exact) mass is 583 g/mol. The van der Waals surface area contributed by atoms with Crippen molar-refractivity contribution >= 4 is 26.7 Å². The van der Waals surface area contributed by atoms with Crippen LogP contribution in [0.3, 0.4) is 0 Å². The molecule has 0 saturated carbocycles. The molecule has 2 aromatic heterocycles. The van der Waals surface area contributed by atoms with Crippen LogP contribution in [0.2, 0.25) is 0 Å². The summed E-state index contributed by atoms with van der Waals surface area (Å²) in [6.07, 6.45) is 3.95. The summed E-state index contributed by atoms with van der Waals surface area (Å²) in [5.41, 5.74) is 1.59. The Kier molecular flexibility index (Phi) is 7.59. The maximum absolute atomic E-state index is 15.1. The second kappa shape index (κ2) is 11.1. The highest BCUT2D eigenvalue weighted by atomic mass is 32.2. The Hall–Kier alpha value is -4.58. The number of carbonyl (C=O) groups is 1. The maximum Gasteiger partial charge on any atom is 0.303 e. The zero-order chi connectivity index (χ0) is 29.3. The molecule has 0 aliphatic heterocycles. The molecule has 0 spiro atoms. The van der Waals surface area contributed by atoms with E-state index in [1.54, 1.807) is 24.4 Å². The summed E-state index contributed by atoms with van der Waals surface area (Å²) >= 11 is 0. The number of nitrogens with one attached hydrogen (secondary N) is 2. The lowest BCUT2D eigenvalue weighted by molar-refractivity contribution is -0.136. The molecule has 0 saturated heterocycles. The van der Waals surface area contributed by atoms with Gasteiger partial charge in [-0.25, -0.2) is 26.6 Å². The van der Waals surface area contributed by atoms with Crippen LogP contribution in [0.25, 0.3) is 22.3 Å². The zero-order valence-corrected chi connectivity index (χ0v) is 22.5. The lowest BCUT2D eigenvalue weighted by Crippen LogP contribution is -2.05. The molecule has 212 valence electrons. The third kappa shape index (κ3) is 6.27. The van der Waals surface area contributed by atoms with Crippen molar-refractivity contribution in [2.45, 2.75) is 25.0 Å². The fraction of sp³-hybridized carbons (Fsp3) is 0.172. The number of hydrogen-bond donors (Lipinski definition) is 3. The van der Waals surface area contributed by atoms with Crippen molar-refractivity contribution in [2.24, 2.45) is 0 Å². The molecule has 0 radical (unpaired) electrons. The predicted octanol–water partition coefficient (Wildman–Crippen LogP) is 5.92. The number of ether oxygens (including phenoxy) is 1. The van der Waals surface area contributed by atoms with Gasteiger partial charge in [0.2, 0.25) is 0 Å². The number of aliphatic carboxylic acids is 1. The number of H-pyrrole nitrogens is 2. The van der Waals surface area contributed by atoms with E-state index in [9.17, 15) is 22.0 Å². The number of hydrogen-bond acceptors (Lipinski definition) is 5. The van der Waals surface area contributed by atoms with Gasteiger partial charge in [-0.2, -0.15) is 0 Å². The Bertz CT molecular complexity index is 1880. The van der Waals surface area contributed by atoms with Crippen LogP contribution in [0.4, 0.5) is 13.2 Å². The number of carboxylic acid groups (broad SMARTS) is 1. The summed E-state index contributed by atoms with van der Waals surface area (Å²) in [5.74, 6) is -3.60. The molecule has 0 bridgehead atoms. The van der Waals surface area contributed by atoms with Crippen molar-refractivity contribution < 1.29 is 36.2 Å². The summed E-state index contributed by atoms with van der Waals surface area (Å²) in [6, 6.07) is 11.2. The minimum atomic E-state index is -3.56. The average molecular weight is 584 g/mol. The van der Waals surface area contributed by atoms with Gasteiger partial charge in [0.05, 0.1) is 11.3 Å². The Morgan fingerprint density at radius 3 is 2.59 bits per heavy atom. The molecule has 0 aliphatic rings. The standard InChI is InChI=1S/C29H24F3N3O5S/c1-41(38,39)15-22-20-9-10-33-25(20)13-24(31)28(22)40-19-6-7-23(30)21(12-19)29-34-14-18(35-29)11-17-4-2-3-16(27(17)32)5-8-26(36)37/h2-4,6-7,9-10,12-14,33H,5,8,11,15H2,1H3,(H,34,35)(H,36,37). The van der Waals surface area contributed by atoms with Crippen LogP contribution >= 0.6 is 0 Å². The van der Waals surface area contributed by atoms with Gasteiger partial charge in [0, 0.05) is 59.7 Å². The summed E-state index contributed by atoms with van der Waals surface area (Å²) in [6.45, 7) is 0. The molecule has 0 amide bonds. The number of rotatable bonds is 10. The molecule has 3 aromatic carbocycles. The fourth-order valence-electron chi connectivity index (χ4n) is 4.60. The Labute approximate surface area is 232 Å². The number of aromatic amines is 2. The van der Waals surface area contributed by atoms with Crippen LogP contribution < -0.4 is 4.74 Å². The van der Waals surface area contributed by atoms with E-state index in [1.807, 2.05) is 0 Å². The van der Waals surface area contributed by atoms with Crippen LogP contribution in [-0.4, -0.2) is 40.7 Å². The average Bonchev–Trinajstić information content (AvgIpc) is 3.56. The Balaban J connectivity index is 1.43. The quantitative estimate of drug-likeness (QED) is 0.187. The molecular weight excluding hydrogens is 559 g/mol. The molecule has 0 fully saturated rings. The lowest BCUT2D eigenvalue weighted by atomic mass is 10.0. The first-order chi connectivity index (χ1) is 19.5. The van der Waals surface area contributed by atoms with Gasteiger partial charge in [0.1, 0.15) is 23.2 Å². The van der Waals surface area contributed by atoms with E-state index >= 15 is 4.39 Å². The lowest BCUT2D eigenvalue weighted by Gasteiger charge is -2.14. The normalized spacial score (nSPS) is 11.7. The van der Waals surface area contributed by atoms with E-state index in [0.29, 0.717) is 22.2 Å². The number of aromatic nitrogens is 3. The topological polar surface area (TPSA) is 125 Å². The molecule has 5 aromatic rings. The number of halogens is 3. The Morgan fingerprint density at radius 1 is 1.05 bits per heavy atom. The van der Waals surface area contributed by atoms with Gasteiger partial charge in [-0.1, -0.05) is 18.2 Å². The fourth-order valence-corrected chi connectivity index (χ4v) is 5.41. The molecule has 41 heavy (non-hydrogen) atoms. The number of fused-ring (bicyclic) bond motifs is 1.